The number of hydrogen-bond donors (Lipinski definition) is 1. The van der Waals surface area contributed by atoms with Crippen molar-refractivity contribution in [2.45, 2.75) is 32.2 Å². The van der Waals surface area contributed by atoms with Crippen LogP contribution in [0.2, 0.25) is 0 Å². The van der Waals surface area contributed by atoms with Crippen LogP contribution in [0.3, 0.4) is 0 Å². The van der Waals surface area contributed by atoms with Gasteiger partial charge >= 0.3 is 0 Å². The number of methoxy groups -OCH3 is 2. The van der Waals surface area contributed by atoms with Crippen molar-refractivity contribution in [3.05, 3.63) is 29.3 Å². The van der Waals surface area contributed by atoms with E-state index in [9.17, 15) is 0 Å². The van der Waals surface area contributed by atoms with Crippen molar-refractivity contribution in [3.8, 4) is 5.75 Å². The Labute approximate surface area is 110 Å². The third kappa shape index (κ3) is 3.47. The van der Waals surface area contributed by atoms with Gasteiger partial charge < -0.3 is 14.8 Å². The summed E-state index contributed by atoms with van der Waals surface area (Å²) in [5.41, 5.74) is 2.51. The van der Waals surface area contributed by atoms with Gasteiger partial charge in [0.25, 0.3) is 0 Å². The van der Waals surface area contributed by atoms with Gasteiger partial charge in [0.15, 0.2) is 0 Å². The molecule has 1 N–H and O–H groups in total. The third-order valence-corrected chi connectivity index (χ3v) is 3.12. The molecule has 0 aromatic heterocycles. The van der Waals surface area contributed by atoms with Crippen LogP contribution in [-0.2, 0) is 10.2 Å². The second kappa shape index (κ2) is 6.21. The van der Waals surface area contributed by atoms with Crippen LogP contribution in [0.1, 0.15) is 37.9 Å². The summed E-state index contributed by atoms with van der Waals surface area (Å²) in [4.78, 5) is 0. The van der Waals surface area contributed by atoms with Crippen LogP contribution < -0.4 is 10.1 Å². The van der Waals surface area contributed by atoms with Gasteiger partial charge in [0, 0.05) is 7.11 Å². The smallest absolute Gasteiger partial charge is 0.122 e. The van der Waals surface area contributed by atoms with E-state index >= 15 is 0 Å². The summed E-state index contributed by atoms with van der Waals surface area (Å²) in [5.74, 6) is 0.943. The van der Waals surface area contributed by atoms with Crippen LogP contribution in [-0.4, -0.2) is 27.9 Å². The molecule has 0 heterocycles. The number of benzene rings is 1. The van der Waals surface area contributed by atoms with Gasteiger partial charge in [0.1, 0.15) is 5.75 Å². The molecule has 1 aromatic carbocycles. The van der Waals surface area contributed by atoms with E-state index in [-0.39, 0.29) is 11.5 Å². The molecule has 0 saturated carbocycles. The summed E-state index contributed by atoms with van der Waals surface area (Å²) in [6.45, 7) is 7.24. The lowest BCUT2D eigenvalue weighted by atomic mass is 9.84. The molecular weight excluding hydrogens is 226 g/mol. The fraction of sp³-hybridized carbons (Fsp3) is 0.600. The zero-order valence-corrected chi connectivity index (χ0v) is 12.3. The SMILES string of the molecule is CNC(COC)c1ccc(OC)c(C(C)(C)C)c1. The zero-order chi connectivity index (χ0) is 13.8. The summed E-state index contributed by atoms with van der Waals surface area (Å²) in [5, 5.41) is 3.27. The second-order valence-electron chi connectivity index (χ2n) is 5.51. The summed E-state index contributed by atoms with van der Waals surface area (Å²) in [6, 6.07) is 6.55. The van der Waals surface area contributed by atoms with Gasteiger partial charge in [-0.05, 0) is 35.7 Å². The first-order valence-electron chi connectivity index (χ1n) is 6.28. The summed E-state index contributed by atoms with van der Waals surface area (Å²) < 4.78 is 10.7. The molecule has 1 atom stereocenters. The highest BCUT2D eigenvalue weighted by molar-refractivity contribution is 5.42. The van der Waals surface area contributed by atoms with Crippen LogP contribution in [0.25, 0.3) is 0 Å². The minimum atomic E-state index is 0.0622. The van der Waals surface area contributed by atoms with Crippen molar-refractivity contribution in [3.63, 3.8) is 0 Å². The van der Waals surface area contributed by atoms with E-state index in [4.69, 9.17) is 9.47 Å². The largest absolute Gasteiger partial charge is 0.496 e. The number of likely N-dealkylation sites (N-methyl/N-ethyl adjacent to an activating group) is 1. The summed E-state index contributed by atoms with van der Waals surface area (Å²) in [6.07, 6.45) is 0. The van der Waals surface area contributed by atoms with Crippen molar-refractivity contribution in [1.29, 1.82) is 0 Å². The molecule has 0 fully saturated rings. The minimum Gasteiger partial charge on any atom is -0.496 e. The Morgan fingerprint density at radius 2 is 1.89 bits per heavy atom. The molecule has 0 aliphatic heterocycles. The van der Waals surface area contributed by atoms with Crippen molar-refractivity contribution in [2.24, 2.45) is 0 Å². The Bertz CT molecular complexity index is 383. The molecular formula is C15H25NO2. The van der Waals surface area contributed by atoms with Crippen LogP contribution in [0, 0.1) is 0 Å². The van der Waals surface area contributed by atoms with E-state index in [2.05, 4.69) is 38.2 Å². The standard InChI is InChI=1S/C15H25NO2/c1-15(2,3)12-9-11(7-8-14(12)18-6)13(16-4)10-17-5/h7-9,13,16H,10H2,1-6H3. The maximum absolute atomic E-state index is 5.45. The van der Waals surface area contributed by atoms with E-state index in [1.807, 2.05) is 13.1 Å². The highest BCUT2D eigenvalue weighted by atomic mass is 16.5. The van der Waals surface area contributed by atoms with Crippen molar-refractivity contribution in [2.75, 3.05) is 27.9 Å². The normalized spacial score (nSPS) is 13.4. The van der Waals surface area contributed by atoms with Gasteiger partial charge in [0.05, 0.1) is 19.8 Å². The monoisotopic (exact) mass is 251 g/mol. The molecule has 0 aliphatic carbocycles. The number of rotatable bonds is 5. The molecule has 1 aromatic rings. The Hall–Kier alpha value is -1.06. The van der Waals surface area contributed by atoms with Crippen molar-refractivity contribution >= 4 is 0 Å². The molecule has 102 valence electrons. The number of ether oxygens (including phenoxy) is 2. The van der Waals surface area contributed by atoms with Gasteiger partial charge in [-0.2, -0.15) is 0 Å². The van der Waals surface area contributed by atoms with Crippen LogP contribution >= 0.6 is 0 Å². The first-order chi connectivity index (χ1) is 8.43. The van der Waals surface area contributed by atoms with Crippen LogP contribution in [0.5, 0.6) is 5.75 Å². The lowest BCUT2D eigenvalue weighted by Crippen LogP contribution is -2.22. The van der Waals surface area contributed by atoms with Gasteiger partial charge in [-0.15, -0.1) is 0 Å². The Morgan fingerprint density at radius 3 is 2.33 bits per heavy atom. The van der Waals surface area contributed by atoms with Gasteiger partial charge in [0.2, 0.25) is 0 Å². The van der Waals surface area contributed by atoms with Gasteiger partial charge in [-0.25, -0.2) is 0 Å². The fourth-order valence-electron chi connectivity index (χ4n) is 2.04. The number of nitrogens with one attached hydrogen (secondary N) is 1. The molecule has 0 amide bonds. The summed E-state index contributed by atoms with van der Waals surface area (Å²) >= 11 is 0. The van der Waals surface area contributed by atoms with Crippen molar-refractivity contribution in [1.82, 2.24) is 5.32 Å². The molecule has 0 spiro atoms. The summed E-state index contributed by atoms with van der Waals surface area (Å²) in [7, 11) is 5.39. The highest BCUT2D eigenvalue weighted by Crippen LogP contribution is 2.33. The predicted molar refractivity (Wildman–Crippen MR) is 75.4 cm³/mol. The predicted octanol–water partition coefficient (Wildman–Crippen LogP) is 2.90. The molecule has 3 nitrogen and oxygen atoms in total. The quantitative estimate of drug-likeness (QED) is 0.873. The molecule has 3 heteroatoms. The number of hydrogen-bond acceptors (Lipinski definition) is 3. The third-order valence-electron chi connectivity index (χ3n) is 3.12. The molecule has 18 heavy (non-hydrogen) atoms. The molecule has 0 aliphatic rings. The van der Waals surface area contributed by atoms with E-state index in [1.165, 1.54) is 11.1 Å². The first kappa shape index (κ1) is 15.0. The first-order valence-corrected chi connectivity index (χ1v) is 6.28. The molecule has 0 bridgehead atoms. The van der Waals surface area contributed by atoms with E-state index < -0.39 is 0 Å². The van der Waals surface area contributed by atoms with Crippen LogP contribution in [0.15, 0.2) is 18.2 Å². The lowest BCUT2D eigenvalue weighted by Gasteiger charge is -2.25. The maximum atomic E-state index is 5.45. The lowest BCUT2D eigenvalue weighted by molar-refractivity contribution is 0.170. The second-order valence-corrected chi connectivity index (χ2v) is 5.51. The molecule has 1 rings (SSSR count). The molecule has 0 saturated heterocycles. The maximum Gasteiger partial charge on any atom is 0.122 e. The topological polar surface area (TPSA) is 30.5 Å². The fourth-order valence-corrected chi connectivity index (χ4v) is 2.04. The Kier molecular flexibility index (Phi) is 5.17. The van der Waals surface area contributed by atoms with Gasteiger partial charge in [-0.1, -0.05) is 26.8 Å². The van der Waals surface area contributed by atoms with Crippen LogP contribution in [0.4, 0.5) is 0 Å². The zero-order valence-electron chi connectivity index (χ0n) is 12.3. The minimum absolute atomic E-state index is 0.0622. The average Bonchev–Trinajstić information content (AvgIpc) is 2.34. The Balaban J connectivity index is 3.17. The van der Waals surface area contributed by atoms with E-state index in [0.29, 0.717) is 6.61 Å². The molecule has 1 unspecified atom stereocenters. The highest BCUT2D eigenvalue weighted by Gasteiger charge is 2.21. The average molecular weight is 251 g/mol. The van der Waals surface area contributed by atoms with E-state index in [0.717, 1.165) is 5.75 Å². The van der Waals surface area contributed by atoms with E-state index in [1.54, 1.807) is 14.2 Å². The van der Waals surface area contributed by atoms with Crippen molar-refractivity contribution < 1.29 is 9.47 Å². The Morgan fingerprint density at radius 1 is 1.22 bits per heavy atom. The van der Waals surface area contributed by atoms with Gasteiger partial charge in [-0.3, -0.25) is 0 Å². The molecule has 0 radical (unpaired) electrons.